The Kier molecular flexibility index (Phi) is 3.29. The van der Waals surface area contributed by atoms with Crippen LogP contribution in [0.4, 0.5) is 0 Å². The standard InChI is InChI=1S/C9H10N2O4/c1-14-8(12)3-7(9(13)15-2)11-5-6(11)4-10/h3,6H,5H2,1-2H3/b7-3+. The minimum absolute atomic E-state index is 0.0518. The number of nitrogens with zero attached hydrogens (tertiary/aromatic N) is 2. The van der Waals surface area contributed by atoms with Crippen LogP contribution in [0.1, 0.15) is 0 Å². The number of methoxy groups -OCH3 is 2. The fourth-order valence-corrected chi connectivity index (χ4v) is 1.05. The maximum Gasteiger partial charge on any atom is 0.354 e. The van der Waals surface area contributed by atoms with Crippen molar-refractivity contribution in [2.75, 3.05) is 20.8 Å². The largest absolute Gasteiger partial charge is 0.466 e. The fraction of sp³-hybridized carbons (Fsp3) is 0.444. The molecule has 1 aliphatic rings. The van der Waals surface area contributed by atoms with Crippen molar-refractivity contribution in [3.05, 3.63) is 11.8 Å². The average molecular weight is 210 g/mol. The summed E-state index contributed by atoms with van der Waals surface area (Å²) in [6.07, 6.45) is 1.02. The maximum atomic E-state index is 11.3. The second-order valence-corrected chi connectivity index (χ2v) is 2.84. The monoisotopic (exact) mass is 210 g/mol. The van der Waals surface area contributed by atoms with Crippen molar-refractivity contribution in [2.45, 2.75) is 6.04 Å². The molecule has 0 aromatic rings. The molecule has 0 saturated carbocycles. The van der Waals surface area contributed by atoms with Gasteiger partial charge >= 0.3 is 11.9 Å². The van der Waals surface area contributed by atoms with E-state index in [1.165, 1.54) is 19.1 Å². The molecule has 1 saturated heterocycles. The van der Waals surface area contributed by atoms with Gasteiger partial charge in [0.15, 0.2) is 0 Å². The molecule has 80 valence electrons. The Morgan fingerprint density at radius 1 is 1.47 bits per heavy atom. The molecular formula is C9H10N2O4. The van der Waals surface area contributed by atoms with Crippen molar-refractivity contribution in [1.82, 2.24) is 4.90 Å². The minimum Gasteiger partial charge on any atom is -0.466 e. The number of rotatable bonds is 3. The Bertz CT molecular complexity index is 356. The fourth-order valence-electron chi connectivity index (χ4n) is 1.05. The minimum atomic E-state index is -0.654. The van der Waals surface area contributed by atoms with Crippen LogP contribution in [0.15, 0.2) is 11.8 Å². The molecular weight excluding hydrogens is 200 g/mol. The van der Waals surface area contributed by atoms with Crippen molar-refractivity contribution in [2.24, 2.45) is 0 Å². The molecule has 15 heavy (non-hydrogen) atoms. The van der Waals surface area contributed by atoms with Gasteiger partial charge < -0.3 is 14.4 Å². The Hall–Kier alpha value is -2.03. The van der Waals surface area contributed by atoms with E-state index in [2.05, 4.69) is 9.47 Å². The van der Waals surface area contributed by atoms with Gasteiger partial charge in [-0.2, -0.15) is 5.26 Å². The highest BCUT2D eigenvalue weighted by Crippen LogP contribution is 2.24. The van der Waals surface area contributed by atoms with Crippen LogP contribution in [0.2, 0.25) is 0 Å². The van der Waals surface area contributed by atoms with Crippen LogP contribution in [-0.4, -0.2) is 43.6 Å². The summed E-state index contributed by atoms with van der Waals surface area (Å²) < 4.78 is 8.88. The predicted octanol–water partition coefficient (Wildman–Crippen LogP) is -0.576. The molecule has 1 rings (SSSR count). The molecule has 1 unspecified atom stereocenters. The van der Waals surface area contributed by atoms with Crippen LogP contribution < -0.4 is 0 Å². The normalized spacial score (nSPS) is 19.1. The van der Waals surface area contributed by atoms with E-state index in [1.54, 1.807) is 0 Å². The van der Waals surface area contributed by atoms with Gasteiger partial charge in [-0.1, -0.05) is 0 Å². The molecule has 0 bridgehead atoms. The number of carbonyl (C=O) groups is 2. The average Bonchev–Trinajstić information content (AvgIpc) is 3.03. The summed E-state index contributed by atoms with van der Waals surface area (Å²) in [5, 5.41) is 8.58. The van der Waals surface area contributed by atoms with Gasteiger partial charge in [-0.25, -0.2) is 9.59 Å². The topological polar surface area (TPSA) is 79.4 Å². The highest BCUT2D eigenvalue weighted by atomic mass is 16.5. The number of ether oxygens (including phenoxy) is 2. The third kappa shape index (κ3) is 2.47. The maximum absolute atomic E-state index is 11.3. The molecule has 0 amide bonds. The van der Waals surface area contributed by atoms with Crippen molar-refractivity contribution in [3.63, 3.8) is 0 Å². The molecule has 0 aromatic heterocycles. The van der Waals surface area contributed by atoms with E-state index in [0.29, 0.717) is 6.54 Å². The molecule has 1 atom stereocenters. The van der Waals surface area contributed by atoms with E-state index in [-0.39, 0.29) is 11.7 Å². The first-order valence-corrected chi connectivity index (χ1v) is 4.18. The van der Waals surface area contributed by atoms with Crippen LogP contribution in [-0.2, 0) is 19.1 Å². The summed E-state index contributed by atoms with van der Waals surface area (Å²) in [5.74, 6) is -1.31. The lowest BCUT2D eigenvalue weighted by Gasteiger charge is -2.05. The van der Waals surface area contributed by atoms with Crippen molar-refractivity contribution in [3.8, 4) is 6.07 Å². The van der Waals surface area contributed by atoms with Gasteiger partial charge in [0.05, 0.1) is 32.9 Å². The van der Waals surface area contributed by atoms with Crippen molar-refractivity contribution in [1.29, 1.82) is 5.26 Å². The zero-order valence-corrected chi connectivity index (χ0v) is 8.39. The molecule has 0 spiro atoms. The quantitative estimate of drug-likeness (QED) is 0.352. The molecule has 0 aromatic carbocycles. The van der Waals surface area contributed by atoms with E-state index in [1.807, 2.05) is 6.07 Å². The summed E-state index contributed by atoms with van der Waals surface area (Å²) in [7, 11) is 2.41. The van der Waals surface area contributed by atoms with E-state index < -0.39 is 11.9 Å². The third-order valence-corrected chi connectivity index (χ3v) is 1.92. The molecule has 0 aliphatic carbocycles. The molecule has 1 aliphatic heterocycles. The van der Waals surface area contributed by atoms with Gasteiger partial charge in [0.2, 0.25) is 0 Å². The molecule has 1 heterocycles. The van der Waals surface area contributed by atoms with Crippen molar-refractivity contribution < 1.29 is 19.1 Å². The lowest BCUT2D eigenvalue weighted by molar-refractivity contribution is -0.139. The zero-order valence-electron chi connectivity index (χ0n) is 8.39. The van der Waals surface area contributed by atoms with Crippen LogP contribution in [0, 0.1) is 11.3 Å². The van der Waals surface area contributed by atoms with Gasteiger partial charge in [-0.05, 0) is 0 Å². The third-order valence-electron chi connectivity index (χ3n) is 1.92. The second kappa shape index (κ2) is 4.46. The highest BCUT2D eigenvalue weighted by molar-refractivity contribution is 5.96. The predicted molar refractivity (Wildman–Crippen MR) is 48.2 cm³/mol. The Morgan fingerprint density at radius 2 is 2.13 bits per heavy atom. The van der Waals surface area contributed by atoms with E-state index >= 15 is 0 Å². The van der Waals surface area contributed by atoms with E-state index in [0.717, 1.165) is 6.08 Å². The number of carbonyl (C=O) groups excluding carboxylic acids is 2. The van der Waals surface area contributed by atoms with Gasteiger partial charge in [0.25, 0.3) is 0 Å². The summed E-state index contributed by atoms with van der Waals surface area (Å²) in [6, 6.07) is 1.60. The van der Waals surface area contributed by atoms with Crippen LogP contribution in [0.5, 0.6) is 0 Å². The Labute approximate surface area is 86.7 Å². The van der Waals surface area contributed by atoms with Gasteiger partial charge in [0, 0.05) is 0 Å². The van der Waals surface area contributed by atoms with Gasteiger partial charge in [-0.15, -0.1) is 0 Å². The molecule has 0 radical (unpaired) electrons. The number of hydrogen-bond donors (Lipinski definition) is 0. The van der Waals surface area contributed by atoms with Crippen LogP contribution >= 0.6 is 0 Å². The number of esters is 2. The van der Waals surface area contributed by atoms with Crippen molar-refractivity contribution >= 4 is 11.9 Å². The van der Waals surface area contributed by atoms with E-state index in [9.17, 15) is 9.59 Å². The number of hydrogen-bond acceptors (Lipinski definition) is 6. The SMILES string of the molecule is COC(=O)/C=C(\C(=O)OC)N1CC1C#N. The Balaban J connectivity index is 2.81. The smallest absolute Gasteiger partial charge is 0.354 e. The molecule has 6 heteroatoms. The zero-order chi connectivity index (χ0) is 11.4. The van der Waals surface area contributed by atoms with Gasteiger partial charge in [-0.3, -0.25) is 0 Å². The first-order valence-electron chi connectivity index (χ1n) is 4.18. The second-order valence-electron chi connectivity index (χ2n) is 2.84. The summed E-state index contributed by atoms with van der Waals surface area (Å²) in [4.78, 5) is 23.7. The molecule has 6 nitrogen and oxygen atoms in total. The first kappa shape index (κ1) is 11.0. The Morgan fingerprint density at radius 3 is 2.53 bits per heavy atom. The first-order chi connectivity index (χ1) is 7.13. The lowest BCUT2D eigenvalue weighted by atomic mass is 10.4. The van der Waals surface area contributed by atoms with Gasteiger partial charge in [0.1, 0.15) is 11.7 Å². The summed E-state index contributed by atoms with van der Waals surface area (Å²) >= 11 is 0. The lowest BCUT2D eigenvalue weighted by Crippen LogP contribution is -2.16. The highest BCUT2D eigenvalue weighted by Gasteiger charge is 2.39. The summed E-state index contributed by atoms with van der Waals surface area (Å²) in [6.45, 7) is 0.425. The van der Waals surface area contributed by atoms with Crippen LogP contribution in [0.25, 0.3) is 0 Å². The number of nitriles is 1. The van der Waals surface area contributed by atoms with Crippen LogP contribution in [0.3, 0.4) is 0 Å². The van der Waals surface area contributed by atoms with E-state index in [4.69, 9.17) is 5.26 Å². The molecule has 0 N–H and O–H groups in total. The summed E-state index contributed by atoms with van der Waals surface area (Å²) in [5.41, 5.74) is 0.0518. The molecule has 1 fully saturated rings.